The summed E-state index contributed by atoms with van der Waals surface area (Å²) in [6.45, 7) is 1.89. The number of carbonyl (C=O) groups excluding carboxylic acids is 1. The van der Waals surface area contributed by atoms with Crippen LogP contribution in [0.1, 0.15) is 29.1 Å². The third kappa shape index (κ3) is 3.01. The highest BCUT2D eigenvalue weighted by Crippen LogP contribution is 2.16. The first-order chi connectivity index (χ1) is 10.7. The minimum Gasteiger partial charge on any atom is -0.343 e. The number of amides is 1. The number of aromatic nitrogens is 4. The Balaban J connectivity index is 1.72. The summed E-state index contributed by atoms with van der Waals surface area (Å²) in [5.74, 6) is -0.221. The number of hydrogen-bond donors (Lipinski definition) is 2. The molecule has 0 aliphatic rings. The molecule has 0 bridgehead atoms. The minimum absolute atomic E-state index is 0.182. The van der Waals surface area contributed by atoms with Gasteiger partial charge in [-0.2, -0.15) is 5.10 Å². The summed E-state index contributed by atoms with van der Waals surface area (Å²) in [5, 5.41) is 9.79. The van der Waals surface area contributed by atoms with Gasteiger partial charge in [0.2, 0.25) is 0 Å². The van der Waals surface area contributed by atoms with Gasteiger partial charge >= 0.3 is 0 Å². The van der Waals surface area contributed by atoms with Gasteiger partial charge in [-0.25, -0.2) is 0 Å². The Morgan fingerprint density at radius 3 is 2.86 bits per heavy atom. The van der Waals surface area contributed by atoms with Gasteiger partial charge in [0.25, 0.3) is 5.91 Å². The zero-order valence-corrected chi connectivity index (χ0v) is 12.0. The van der Waals surface area contributed by atoms with E-state index in [9.17, 15) is 4.79 Å². The first-order valence-electron chi connectivity index (χ1n) is 6.91. The molecule has 0 fully saturated rings. The molecule has 2 N–H and O–H groups in total. The first kappa shape index (κ1) is 13.9. The number of nitrogens with zero attached hydrogens (tertiary/aromatic N) is 3. The van der Waals surface area contributed by atoms with Gasteiger partial charge in [0.15, 0.2) is 0 Å². The first-order valence-corrected chi connectivity index (χ1v) is 6.91. The van der Waals surface area contributed by atoms with Crippen LogP contribution in [-0.2, 0) is 0 Å². The molecule has 3 aromatic rings. The second kappa shape index (κ2) is 6.17. The SMILES string of the molecule is CC(NC(=O)c1cc(-c2cccnc2)n[nH]1)c1ccccn1. The smallest absolute Gasteiger partial charge is 0.269 e. The zero-order valence-electron chi connectivity index (χ0n) is 12.0. The van der Waals surface area contributed by atoms with Crippen LogP contribution < -0.4 is 5.32 Å². The molecule has 3 rings (SSSR count). The maximum Gasteiger partial charge on any atom is 0.269 e. The van der Waals surface area contributed by atoms with Crippen molar-refractivity contribution >= 4 is 5.91 Å². The monoisotopic (exact) mass is 293 g/mol. The average molecular weight is 293 g/mol. The highest BCUT2D eigenvalue weighted by Gasteiger charge is 2.15. The van der Waals surface area contributed by atoms with Crippen molar-refractivity contribution in [3.8, 4) is 11.3 Å². The van der Waals surface area contributed by atoms with E-state index >= 15 is 0 Å². The summed E-state index contributed by atoms with van der Waals surface area (Å²) >= 11 is 0. The Labute approximate surface area is 127 Å². The largest absolute Gasteiger partial charge is 0.343 e. The van der Waals surface area contributed by atoms with E-state index < -0.39 is 0 Å². The molecule has 0 aromatic carbocycles. The average Bonchev–Trinajstić information content (AvgIpc) is 3.06. The van der Waals surface area contributed by atoms with Crippen LogP contribution >= 0.6 is 0 Å². The van der Waals surface area contributed by atoms with Crippen molar-refractivity contribution in [2.45, 2.75) is 13.0 Å². The lowest BCUT2D eigenvalue weighted by Gasteiger charge is -2.12. The van der Waals surface area contributed by atoms with E-state index in [1.165, 1.54) is 0 Å². The van der Waals surface area contributed by atoms with Crippen molar-refractivity contribution < 1.29 is 4.79 Å². The van der Waals surface area contributed by atoms with E-state index in [2.05, 4.69) is 25.5 Å². The second-order valence-corrected chi connectivity index (χ2v) is 4.86. The molecule has 1 unspecified atom stereocenters. The second-order valence-electron chi connectivity index (χ2n) is 4.86. The van der Waals surface area contributed by atoms with Crippen molar-refractivity contribution in [1.82, 2.24) is 25.5 Å². The van der Waals surface area contributed by atoms with Crippen LogP contribution in [0.3, 0.4) is 0 Å². The Morgan fingerprint density at radius 1 is 1.23 bits per heavy atom. The molecule has 6 nitrogen and oxygen atoms in total. The van der Waals surface area contributed by atoms with Crippen molar-refractivity contribution in [3.05, 3.63) is 66.4 Å². The predicted molar refractivity (Wildman–Crippen MR) is 81.9 cm³/mol. The van der Waals surface area contributed by atoms with Gasteiger partial charge < -0.3 is 5.32 Å². The van der Waals surface area contributed by atoms with Crippen molar-refractivity contribution in [2.75, 3.05) is 0 Å². The van der Waals surface area contributed by atoms with Crippen LogP contribution in [0.2, 0.25) is 0 Å². The lowest BCUT2D eigenvalue weighted by molar-refractivity contribution is 0.0934. The number of carbonyl (C=O) groups is 1. The van der Waals surface area contributed by atoms with E-state index in [1.807, 2.05) is 37.3 Å². The molecule has 110 valence electrons. The molecule has 0 saturated carbocycles. The number of nitrogens with one attached hydrogen (secondary N) is 2. The molecule has 0 aliphatic carbocycles. The molecule has 22 heavy (non-hydrogen) atoms. The highest BCUT2D eigenvalue weighted by atomic mass is 16.2. The third-order valence-electron chi connectivity index (χ3n) is 3.26. The number of H-pyrrole nitrogens is 1. The fraction of sp³-hybridized carbons (Fsp3) is 0.125. The number of aromatic amines is 1. The molecule has 1 amide bonds. The molecule has 0 saturated heterocycles. The quantitative estimate of drug-likeness (QED) is 0.773. The van der Waals surface area contributed by atoms with Crippen molar-refractivity contribution in [2.24, 2.45) is 0 Å². The van der Waals surface area contributed by atoms with E-state index in [1.54, 1.807) is 24.7 Å². The Kier molecular flexibility index (Phi) is 3.91. The zero-order chi connectivity index (χ0) is 15.4. The van der Waals surface area contributed by atoms with Crippen LogP contribution in [0, 0.1) is 0 Å². The Bertz CT molecular complexity index is 754. The van der Waals surface area contributed by atoms with Crippen LogP contribution in [-0.4, -0.2) is 26.1 Å². The van der Waals surface area contributed by atoms with Gasteiger partial charge in [-0.3, -0.25) is 19.9 Å². The normalized spacial score (nSPS) is 11.9. The van der Waals surface area contributed by atoms with Crippen molar-refractivity contribution in [3.63, 3.8) is 0 Å². The molecule has 1 atom stereocenters. The standard InChI is InChI=1S/C16H15N5O/c1-11(13-6-2-3-8-18-13)19-16(22)15-9-14(20-21-15)12-5-4-7-17-10-12/h2-11H,1H3,(H,19,22)(H,20,21). The van der Waals surface area contributed by atoms with E-state index in [0.29, 0.717) is 11.4 Å². The third-order valence-corrected chi connectivity index (χ3v) is 3.26. The maximum absolute atomic E-state index is 12.2. The van der Waals surface area contributed by atoms with E-state index in [0.717, 1.165) is 11.3 Å². The van der Waals surface area contributed by atoms with Gasteiger partial charge in [-0.1, -0.05) is 6.07 Å². The van der Waals surface area contributed by atoms with Gasteiger partial charge in [0, 0.05) is 24.2 Å². The summed E-state index contributed by atoms with van der Waals surface area (Å²) in [6.07, 6.45) is 5.10. The maximum atomic E-state index is 12.2. The number of hydrogen-bond acceptors (Lipinski definition) is 4. The fourth-order valence-electron chi connectivity index (χ4n) is 2.08. The van der Waals surface area contributed by atoms with Crippen LogP contribution in [0.5, 0.6) is 0 Å². The van der Waals surface area contributed by atoms with Crippen molar-refractivity contribution in [1.29, 1.82) is 0 Å². The molecular weight excluding hydrogens is 278 g/mol. The lowest BCUT2D eigenvalue weighted by Crippen LogP contribution is -2.27. The van der Waals surface area contributed by atoms with E-state index in [-0.39, 0.29) is 11.9 Å². The lowest BCUT2D eigenvalue weighted by atomic mass is 10.2. The van der Waals surface area contributed by atoms with Gasteiger partial charge in [0.1, 0.15) is 5.69 Å². The number of pyridine rings is 2. The summed E-state index contributed by atoms with van der Waals surface area (Å²) < 4.78 is 0. The summed E-state index contributed by atoms with van der Waals surface area (Å²) in [4.78, 5) is 20.5. The summed E-state index contributed by atoms with van der Waals surface area (Å²) in [5.41, 5.74) is 2.75. The molecule has 0 aliphatic heterocycles. The summed E-state index contributed by atoms with van der Waals surface area (Å²) in [7, 11) is 0. The van der Waals surface area contributed by atoms with E-state index in [4.69, 9.17) is 0 Å². The Morgan fingerprint density at radius 2 is 2.14 bits per heavy atom. The summed E-state index contributed by atoms with van der Waals surface area (Å²) in [6, 6.07) is 10.8. The fourth-order valence-corrected chi connectivity index (χ4v) is 2.08. The van der Waals surface area contributed by atoms with Crippen LogP contribution in [0.4, 0.5) is 0 Å². The number of rotatable bonds is 4. The molecule has 6 heteroatoms. The predicted octanol–water partition coefficient (Wildman–Crippen LogP) is 2.36. The van der Waals surface area contributed by atoms with Gasteiger partial charge in [-0.15, -0.1) is 0 Å². The molecule has 3 aromatic heterocycles. The van der Waals surface area contributed by atoms with Crippen LogP contribution in [0.25, 0.3) is 11.3 Å². The molecule has 0 spiro atoms. The molecular formula is C16H15N5O. The Hall–Kier alpha value is -3.02. The minimum atomic E-state index is -0.221. The van der Waals surface area contributed by atoms with Gasteiger partial charge in [0.05, 0.1) is 17.4 Å². The molecule has 3 heterocycles. The van der Waals surface area contributed by atoms with Gasteiger partial charge in [-0.05, 0) is 37.3 Å². The highest BCUT2D eigenvalue weighted by molar-refractivity contribution is 5.93. The topological polar surface area (TPSA) is 83.6 Å². The molecule has 0 radical (unpaired) electrons. The van der Waals surface area contributed by atoms with Crippen LogP contribution in [0.15, 0.2) is 55.0 Å².